The van der Waals surface area contributed by atoms with Crippen molar-refractivity contribution in [3.63, 3.8) is 0 Å². The van der Waals surface area contributed by atoms with Gasteiger partial charge in [0.25, 0.3) is 17.2 Å². The molecule has 0 radical (unpaired) electrons. The number of carbonyl (C=O) groups excluding carboxylic acids is 2. The number of hydrogen-bond acceptors (Lipinski definition) is 15. The number of aromatic nitrogens is 4. The molecule has 0 saturated carbocycles. The number of phosphoric acid groups is 1. The van der Waals surface area contributed by atoms with E-state index in [0.717, 1.165) is 16.8 Å². The standard InChI is InChI=1S/C46H47F2N4O16P/c1-26-23-52(45(58)50-42(26)56)37-22-33(66-38(55)19-10-27(2)53)34(65-37)25-64-69(59,60)68-40-39(41(47)48)35(67-43(40)51-21-20-36(54)49-44(51)57)24-63-46(28-8-6-5-7-9-28,29-11-15-31(61-3)16-12-29)30-13-17-32(62-4)18-14-30/h5-9,11-18,20-21,23,33-35,37,40,43H,10,19,22,24-25H2,1-4H3,(H,59,60)(H,49,54,57)(H,50,56,58)/t33-,34+,35+,37+,40+,43+/m0/s1. The molecule has 366 valence electrons. The zero-order chi connectivity index (χ0) is 49.6. The molecule has 20 nitrogen and oxygen atoms in total. The van der Waals surface area contributed by atoms with Crippen LogP contribution in [0.5, 0.6) is 11.5 Å². The first kappa shape index (κ1) is 50.2. The number of nitrogens with one attached hydrogen (secondary N) is 2. The highest BCUT2D eigenvalue weighted by Crippen LogP contribution is 2.52. The lowest BCUT2D eigenvalue weighted by molar-refractivity contribution is -0.153. The lowest BCUT2D eigenvalue weighted by Crippen LogP contribution is -2.36. The van der Waals surface area contributed by atoms with Gasteiger partial charge in [0.2, 0.25) is 0 Å². The number of benzene rings is 3. The number of hydrogen-bond donors (Lipinski definition) is 3. The second kappa shape index (κ2) is 21.3. The highest BCUT2D eigenvalue weighted by Gasteiger charge is 2.51. The molecule has 2 aromatic heterocycles. The van der Waals surface area contributed by atoms with E-state index < -0.39 is 104 Å². The molecule has 23 heteroatoms. The molecule has 0 aliphatic carbocycles. The number of Topliss-reactive ketones (excluding diaryl/α,β-unsaturated/α-hetero) is 1. The molecule has 0 bridgehead atoms. The number of halogens is 2. The van der Waals surface area contributed by atoms with Gasteiger partial charge >= 0.3 is 25.2 Å². The fraction of sp³-hybridized carbons (Fsp3) is 0.348. The number of ketones is 1. The summed E-state index contributed by atoms with van der Waals surface area (Å²) in [6, 6.07) is 23.3. The van der Waals surface area contributed by atoms with Crippen LogP contribution in [0.1, 0.15) is 60.9 Å². The van der Waals surface area contributed by atoms with Crippen molar-refractivity contribution in [3.8, 4) is 11.5 Å². The Balaban J connectivity index is 1.22. The van der Waals surface area contributed by atoms with Gasteiger partial charge in [-0.05, 0) is 54.8 Å². The normalized spacial score (nSPS) is 21.1. The molecule has 3 aromatic carbocycles. The number of nitrogens with zero attached hydrogens (tertiary/aromatic N) is 2. The summed E-state index contributed by atoms with van der Waals surface area (Å²) in [5.74, 6) is -0.156. The van der Waals surface area contributed by atoms with E-state index in [4.69, 9.17) is 37.5 Å². The summed E-state index contributed by atoms with van der Waals surface area (Å²) in [6.45, 7) is 1.05. The van der Waals surface area contributed by atoms with Crippen molar-refractivity contribution in [2.75, 3.05) is 27.4 Å². The van der Waals surface area contributed by atoms with Gasteiger partial charge in [0.1, 0.15) is 53.5 Å². The Bertz CT molecular complexity index is 2930. The highest BCUT2D eigenvalue weighted by atomic mass is 31.2. The fourth-order valence-corrected chi connectivity index (χ4v) is 8.92. The predicted octanol–water partition coefficient (Wildman–Crippen LogP) is 4.54. The summed E-state index contributed by atoms with van der Waals surface area (Å²) in [6.07, 6.45) is -11.1. The SMILES string of the molecule is COc1ccc(C(OC[C@H]2O[C@@H](n3ccc(=O)[nH]c3=O)[C@H](OP(=O)(O)OC[C@H]3O[C@@H](n4cc(C)c(=O)[nH]c4=O)C[C@@H]3OC(=O)CCC(C)=O)C2=C(F)F)(c2ccccc2)c2ccc(OC)cc2)cc1. The summed E-state index contributed by atoms with van der Waals surface area (Å²) < 4.78 is 92.8. The second-order valence-electron chi connectivity index (χ2n) is 15.9. The molecule has 7 rings (SSSR count). The summed E-state index contributed by atoms with van der Waals surface area (Å²) in [5, 5.41) is 0. The molecule has 4 heterocycles. The van der Waals surface area contributed by atoms with E-state index in [0.29, 0.717) is 32.8 Å². The van der Waals surface area contributed by atoms with Crippen molar-refractivity contribution >= 4 is 19.6 Å². The van der Waals surface area contributed by atoms with Crippen LogP contribution in [-0.4, -0.2) is 87.6 Å². The molecule has 69 heavy (non-hydrogen) atoms. The molecule has 5 aromatic rings. The van der Waals surface area contributed by atoms with E-state index in [1.54, 1.807) is 78.9 Å². The molecule has 7 atom stereocenters. The number of phosphoric ester groups is 1. The maximum Gasteiger partial charge on any atom is 0.473 e. The predicted molar refractivity (Wildman–Crippen MR) is 238 cm³/mol. The third-order valence-electron chi connectivity index (χ3n) is 11.4. The highest BCUT2D eigenvalue weighted by molar-refractivity contribution is 7.47. The number of aryl methyl sites for hydroxylation is 1. The number of carbonyl (C=O) groups is 2. The average molecular weight is 981 g/mol. The van der Waals surface area contributed by atoms with Crippen LogP contribution in [0.4, 0.5) is 8.78 Å². The Morgan fingerprint density at radius 3 is 2.01 bits per heavy atom. The Labute approximate surface area is 390 Å². The van der Waals surface area contributed by atoms with Crippen molar-refractivity contribution in [2.24, 2.45) is 0 Å². The van der Waals surface area contributed by atoms with Crippen molar-refractivity contribution in [1.82, 2.24) is 19.1 Å². The van der Waals surface area contributed by atoms with E-state index in [9.17, 15) is 38.2 Å². The number of methoxy groups -OCH3 is 2. The van der Waals surface area contributed by atoms with Crippen molar-refractivity contribution in [3.05, 3.63) is 173 Å². The lowest BCUT2D eigenvalue weighted by atomic mass is 9.80. The first-order valence-corrected chi connectivity index (χ1v) is 22.7. The molecule has 3 N–H and O–H groups in total. The van der Waals surface area contributed by atoms with E-state index in [-0.39, 0.29) is 30.6 Å². The smallest absolute Gasteiger partial charge is 0.473 e. The molecule has 0 amide bonds. The summed E-state index contributed by atoms with van der Waals surface area (Å²) >= 11 is 0. The third kappa shape index (κ3) is 11.3. The molecule has 2 aliphatic rings. The zero-order valence-electron chi connectivity index (χ0n) is 37.4. The number of aromatic amines is 2. The van der Waals surface area contributed by atoms with E-state index in [1.165, 1.54) is 34.3 Å². The van der Waals surface area contributed by atoms with Gasteiger partial charge in [-0.15, -0.1) is 0 Å². The minimum atomic E-state index is -5.57. The van der Waals surface area contributed by atoms with Gasteiger partial charge in [-0.1, -0.05) is 54.6 Å². The Hall–Kier alpha value is -6.65. The molecule has 2 fully saturated rings. The minimum Gasteiger partial charge on any atom is -0.497 e. The van der Waals surface area contributed by atoms with Gasteiger partial charge in [-0.2, -0.15) is 8.78 Å². The molecule has 2 saturated heterocycles. The van der Waals surface area contributed by atoms with Crippen molar-refractivity contribution in [2.45, 2.75) is 75.6 Å². The van der Waals surface area contributed by atoms with Crippen LogP contribution in [0.25, 0.3) is 0 Å². The maximum atomic E-state index is 15.6. The molecular formula is C46H47F2N4O16P. The fourth-order valence-electron chi connectivity index (χ4n) is 8.02. The first-order chi connectivity index (χ1) is 32.9. The van der Waals surface area contributed by atoms with Gasteiger partial charge in [0, 0.05) is 36.9 Å². The minimum absolute atomic E-state index is 0.121. The molecule has 1 unspecified atom stereocenters. The van der Waals surface area contributed by atoms with Crippen LogP contribution in [0.3, 0.4) is 0 Å². The lowest BCUT2D eigenvalue weighted by Gasteiger charge is -2.37. The third-order valence-corrected chi connectivity index (χ3v) is 12.4. The van der Waals surface area contributed by atoms with E-state index >= 15 is 8.78 Å². The van der Waals surface area contributed by atoms with E-state index in [2.05, 4.69) is 4.98 Å². The second-order valence-corrected chi connectivity index (χ2v) is 17.3. The van der Waals surface area contributed by atoms with E-state index in [1.807, 2.05) is 4.98 Å². The largest absolute Gasteiger partial charge is 0.497 e. The quantitative estimate of drug-likeness (QED) is 0.0583. The number of ether oxygens (including phenoxy) is 6. The zero-order valence-corrected chi connectivity index (χ0v) is 38.3. The van der Waals surface area contributed by atoms with Gasteiger partial charge < -0.3 is 38.1 Å². The average Bonchev–Trinajstić information content (AvgIpc) is 3.89. The summed E-state index contributed by atoms with van der Waals surface area (Å²) in [5.41, 5.74) is -4.49. The monoisotopic (exact) mass is 980 g/mol. The first-order valence-electron chi connectivity index (χ1n) is 21.3. The number of esters is 1. The van der Waals surface area contributed by atoms with Gasteiger partial charge in [0.15, 0.2) is 6.23 Å². The maximum absolute atomic E-state index is 15.6. The van der Waals surface area contributed by atoms with Crippen LogP contribution in [0.15, 0.2) is 128 Å². The van der Waals surface area contributed by atoms with Crippen molar-refractivity contribution < 1.29 is 65.3 Å². The molecule has 2 aliphatic heterocycles. The Morgan fingerprint density at radius 2 is 1.43 bits per heavy atom. The van der Waals surface area contributed by atoms with Gasteiger partial charge in [-0.3, -0.25) is 42.5 Å². The Morgan fingerprint density at radius 1 is 0.826 bits per heavy atom. The Kier molecular flexibility index (Phi) is 15.5. The summed E-state index contributed by atoms with van der Waals surface area (Å²) in [4.78, 5) is 90.0. The van der Waals surface area contributed by atoms with Crippen LogP contribution < -0.4 is 32.0 Å². The van der Waals surface area contributed by atoms with Crippen LogP contribution in [-0.2, 0) is 47.8 Å². The topological polar surface area (TPSA) is 255 Å². The molecule has 0 spiro atoms. The van der Waals surface area contributed by atoms with Gasteiger partial charge in [0.05, 0.1) is 39.4 Å². The van der Waals surface area contributed by atoms with Gasteiger partial charge in [-0.25, -0.2) is 14.2 Å². The van der Waals surface area contributed by atoms with Crippen LogP contribution in [0.2, 0.25) is 0 Å². The van der Waals surface area contributed by atoms with Crippen molar-refractivity contribution in [1.29, 1.82) is 0 Å². The number of rotatable bonds is 19. The number of H-pyrrole nitrogens is 2. The molecular weight excluding hydrogens is 933 g/mol. The van der Waals surface area contributed by atoms with Crippen LogP contribution in [0, 0.1) is 6.92 Å². The summed E-state index contributed by atoms with van der Waals surface area (Å²) in [7, 11) is -2.60. The van der Waals surface area contributed by atoms with Crippen LogP contribution >= 0.6 is 7.82 Å².